The number of carbonyl (C=O) groups excluding carboxylic acids is 1. The van der Waals surface area contributed by atoms with Crippen LogP contribution in [0.1, 0.15) is 10.4 Å². The van der Waals surface area contributed by atoms with E-state index in [9.17, 15) is 4.79 Å². The molecule has 0 fully saturated rings. The summed E-state index contributed by atoms with van der Waals surface area (Å²) in [7, 11) is 0. The summed E-state index contributed by atoms with van der Waals surface area (Å²) in [6.45, 7) is 0. The van der Waals surface area contributed by atoms with Gasteiger partial charge in [-0.1, -0.05) is 34.8 Å². The molecule has 0 saturated heterocycles. The zero-order valence-corrected chi connectivity index (χ0v) is 11.2. The number of aldehydes is 1. The highest BCUT2D eigenvalue weighted by molar-refractivity contribution is 6.44. The molecule has 1 aromatic carbocycles. The van der Waals surface area contributed by atoms with Crippen LogP contribution in [-0.4, -0.2) is 11.3 Å². The smallest absolute Gasteiger partial charge is 0.150 e. The van der Waals surface area contributed by atoms with Gasteiger partial charge < -0.3 is 5.73 Å². The second kappa shape index (κ2) is 5.14. The second-order valence-corrected chi connectivity index (χ2v) is 4.78. The van der Waals surface area contributed by atoms with E-state index in [0.717, 1.165) is 0 Å². The Hall–Kier alpha value is -1.29. The van der Waals surface area contributed by atoms with Gasteiger partial charge in [-0.05, 0) is 18.2 Å². The average Bonchev–Trinajstić information content (AvgIpc) is 2.34. The summed E-state index contributed by atoms with van der Waals surface area (Å²) in [5, 5.41) is 1.09. The summed E-state index contributed by atoms with van der Waals surface area (Å²) in [5.74, 6) is 0.261. The van der Waals surface area contributed by atoms with Crippen LogP contribution in [0.25, 0.3) is 11.1 Å². The third-order valence-corrected chi connectivity index (χ3v) is 3.42. The van der Waals surface area contributed by atoms with Gasteiger partial charge >= 0.3 is 0 Å². The van der Waals surface area contributed by atoms with Gasteiger partial charge in [0.25, 0.3) is 0 Å². The van der Waals surface area contributed by atoms with Crippen molar-refractivity contribution in [1.82, 2.24) is 4.98 Å². The summed E-state index contributed by atoms with van der Waals surface area (Å²) >= 11 is 17.9. The molecule has 2 N–H and O–H groups in total. The van der Waals surface area contributed by atoms with Gasteiger partial charge in [-0.2, -0.15) is 0 Å². The van der Waals surface area contributed by atoms with Crippen molar-refractivity contribution in [1.29, 1.82) is 0 Å². The first kappa shape index (κ1) is 13.1. The van der Waals surface area contributed by atoms with E-state index in [4.69, 9.17) is 40.5 Å². The summed E-state index contributed by atoms with van der Waals surface area (Å²) in [6.07, 6.45) is 2.16. The van der Waals surface area contributed by atoms with Gasteiger partial charge in [0, 0.05) is 22.9 Å². The van der Waals surface area contributed by atoms with E-state index in [1.54, 1.807) is 6.07 Å². The molecule has 6 heteroatoms. The number of rotatable bonds is 2. The number of pyridine rings is 1. The van der Waals surface area contributed by atoms with E-state index in [2.05, 4.69) is 4.98 Å². The van der Waals surface area contributed by atoms with Gasteiger partial charge in [-0.3, -0.25) is 4.79 Å². The van der Waals surface area contributed by atoms with Gasteiger partial charge in [0.05, 0.1) is 15.1 Å². The largest absolute Gasteiger partial charge is 0.384 e. The number of nitrogen functional groups attached to an aromatic ring is 1. The number of halogens is 3. The Morgan fingerprint density at radius 3 is 2.33 bits per heavy atom. The lowest BCUT2D eigenvalue weighted by Crippen LogP contribution is -1.95. The van der Waals surface area contributed by atoms with E-state index in [-0.39, 0.29) is 5.82 Å². The highest BCUT2D eigenvalue weighted by Crippen LogP contribution is 2.36. The Balaban J connectivity index is 2.69. The average molecular weight is 302 g/mol. The summed E-state index contributed by atoms with van der Waals surface area (Å²) in [5.41, 5.74) is 7.06. The van der Waals surface area contributed by atoms with Crippen LogP contribution in [0.15, 0.2) is 24.4 Å². The molecule has 0 atom stereocenters. The fraction of sp³-hybridized carbons (Fsp3) is 0. The third kappa shape index (κ3) is 2.43. The van der Waals surface area contributed by atoms with Crippen molar-refractivity contribution >= 4 is 46.9 Å². The van der Waals surface area contributed by atoms with Crippen LogP contribution in [0, 0.1) is 0 Å². The highest BCUT2D eigenvalue weighted by Gasteiger charge is 2.12. The summed E-state index contributed by atoms with van der Waals surface area (Å²) in [4.78, 5) is 15.0. The number of nitrogens with zero attached hydrogens (tertiary/aromatic N) is 1. The molecule has 0 saturated carbocycles. The van der Waals surface area contributed by atoms with E-state index in [1.165, 1.54) is 18.3 Å². The van der Waals surface area contributed by atoms with Crippen molar-refractivity contribution in [2.75, 3.05) is 5.73 Å². The minimum absolute atomic E-state index is 0.261. The van der Waals surface area contributed by atoms with Crippen LogP contribution in [0.3, 0.4) is 0 Å². The predicted octanol–water partition coefficient (Wildman–Crippen LogP) is 4.10. The summed E-state index contributed by atoms with van der Waals surface area (Å²) in [6, 6.07) is 4.58. The van der Waals surface area contributed by atoms with Crippen molar-refractivity contribution in [3.63, 3.8) is 0 Å². The van der Waals surface area contributed by atoms with Crippen LogP contribution >= 0.6 is 34.8 Å². The molecule has 1 heterocycles. The van der Waals surface area contributed by atoms with Gasteiger partial charge in [-0.25, -0.2) is 4.98 Å². The Kier molecular flexibility index (Phi) is 3.76. The molecular weight excluding hydrogens is 295 g/mol. The van der Waals surface area contributed by atoms with Crippen LogP contribution in [0.2, 0.25) is 15.1 Å². The van der Waals surface area contributed by atoms with Crippen LogP contribution in [0.4, 0.5) is 5.82 Å². The monoisotopic (exact) mass is 300 g/mol. The number of nitrogens with two attached hydrogens (primary N) is 1. The molecule has 0 amide bonds. The van der Waals surface area contributed by atoms with E-state index >= 15 is 0 Å². The van der Waals surface area contributed by atoms with Crippen LogP contribution in [0.5, 0.6) is 0 Å². The molecule has 2 rings (SSSR count). The quantitative estimate of drug-likeness (QED) is 0.671. The maximum Gasteiger partial charge on any atom is 0.150 e. The molecular formula is C12H7Cl3N2O. The fourth-order valence-electron chi connectivity index (χ4n) is 1.54. The Labute approximate surface area is 118 Å². The highest BCUT2D eigenvalue weighted by atomic mass is 35.5. The fourth-order valence-corrected chi connectivity index (χ4v) is 2.19. The maximum atomic E-state index is 11.0. The number of carbonyl (C=O) groups is 1. The number of aromatic nitrogens is 1. The minimum Gasteiger partial charge on any atom is -0.384 e. The molecule has 2 aromatic rings. The van der Waals surface area contributed by atoms with Crippen molar-refractivity contribution in [3.05, 3.63) is 45.0 Å². The normalized spacial score (nSPS) is 10.4. The Bertz CT molecular complexity index is 629. The van der Waals surface area contributed by atoms with Gasteiger partial charge in [0.1, 0.15) is 5.82 Å². The number of hydrogen-bond acceptors (Lipinski definition) is 3. The standard InChI is InChI=1S/C12H7Cl3N2O/c13-9-3-11(15)10(14)2-7(9)8-4-17-12(16)1-6(8)5-18/h1-5H,(H2,16,17). The lowest BCUT2D eigenvalue weighted by atomic mass is 10.0. The van der Waals surface area contributed by atoms with Crippen LogP contribution < -0.4 is 5.73 Å². The zero-order chi connectivity index (χ0) is 13.3. The van der Waals surface area contributed by atoms with Crippen molar-refractivity contribution in [2.24, 2.45) is 0 Å². The molecule has 3 nitrogen and oxygen atoms in total. The molecule has 1 aromatic heterocycles. The van der Waals surface area contributed by atoms with E-state index in [0.29, 0.717) is 38.0 Å². The van der Waals surface area contributed by atoms with Crippen molar-refractivity contribution < 1.29 is 4.79 Å². The lowest BCUT2D eigenvalue weighted by molar-refractivity contribution is 0.112. The lowest BCUT2D eigenvalue weighted by Gasteiger charge is -2.09. The van der Waals surface area contributed by atoms with Crippen molar-refractivity contribution in [3.8, 4) is 11.1 Å². The molecule has 0 unspecified atom stereocenters. The summed E-state index contributed by atoms with van der Waals surface area (Å²) < 4.78 is 0. The first-order valence-electron chi connectivity index (χ1n) is 4.88. The molecule has 0 bridgehead atoms. The SMILES string of the molecule is Nc1cc(C=O)c(-c2cc(Cl)c(Cl)cc2Cl)cn1. The Morgan fingerprint density at radius 1 is 1.00 bits per heavy atom. The molecule has 0 spiro atoms. The minimum atomic E-state index is 0.261. The van der Waals surface area contributed by atoms with Gasteiger partial charge in [-0.15, -0.1) is 0 Å². The zero-order valence-electron chi connectivity index (χ0n) is 8.95. The third-order valence-electron chi connectivity index (χ3n) is 2.38. The topological polar surface area (TPSA) is 56.0 Å². The number of benzene rings is 1. The molecule has 0 aliphatic rings. The molecule has 0 radical (unpaired) electrons. The van der Waals surface area contributed by atoms with Crippen molar-refractivity contribution in [2.45, 2.75) is 0 Å². The van der Waals surface area contributed by atoms with E-state index < -0.39 is 0 Å². The maximum absolute atomic E-state index is 11.0. The van der Waals surface area contributed by atoms with Gasteiger partial charge in [0.2, 0.25) is 0 Å². The first-order chi connectivity index (χ1) is 8.52. The predicted molar refractivity (Wildman–Crippen MR) is 74.5 cm³/mol. The molecule has 0 aliphatic heterocycles. The van der Waals surface area contributed by atoms with Crippen LogP contribution in [-0.2, 0) is 0 Å². The first-order valence-corrected chi connectivity index (χ1v) is 6.02. The number of hydrogen-bond donors (Lipinski definition) is 1. The second-order valence-electron chi connectivity index (χ2n) is 3.56. The molecule has 0 aliphatic carbocycles. The van der Waals surface area contributed by atoms with E-state index in [1.807, 2.05) is 0 Å². The molecule has 92 valence electrons. The van der Waals surface area contributed by atoms with Gasteiger partial charge in [0.15, 0.2) is 6.29 Å². The number of anilines is 1. The molecule has 18 heavy (non-hydrogen) atoms. The Morgan fingerprint density at radius 2 is 1.67 bits per heavy atom.